The third-order valence-electron chi connectivity index (χ3n) is 3.33. The van der Waals surface area contributed by atoms with Crippen LogP contribution in [0.4, 0.5) is 5.69 Å². The first-order chi connectivity index (χ1) is 8.82. The third-order valence-corrected chi connectivity index (χ3v) is 5.31. The predicted octanol–water partition coefficient (Wildman–Crippen LogP) is 1.38. The molecule has 1 aromatic rings. The maximum absolute atomic E-state index is 12.7. The van der Waals surface area contributed by atoms with E-state index in [0.717, 1.165) is 0 Å². The van der Waals surface area contributed by atoms with E-state index < -0.39 is 10.0 Å². The number of hydrogen-bond acceptors (Lipinski definition) is 4. The Kier molecular flexibility index (Phi) is 3.85. The molecule has 0 radical (unpaired) electrons. The van der Waals surface area contributed by atoms with E-state index in [1.165, 1.54) is 4.31 Å². The number of ether oxygens (including phenoxy) is 1. The van der Waals surface area contributed by atoms with Gasteiger partial charge < -0.3 is 10.5 Å². The monoisotopic (exact) mass is 284 g/mol. The van der Waals surface area contributed by atoms with E-state index in [9.17, 15) is 8.42 Å². The number of rotatable bonds is 2. The van der Waals surface area contributed by atoms with Gasteiger partial charge in [0.05, 0.1) is 17.1 Å². The van der Waals surface area contributed by atoms with Crippen LogP contribution in [0, 0.1) is 6.92 Å². The number of nitrogen functional groups attached to an aromatic ring is 1. The molecule has 0 aromatic heterocycles. The lowest BCUT2D eigenvalue weighted by atomic mass is 10.2. The highest BCUT2D eigenvalue weighted by molar-refractivity contribution is 7.89. The van der Waals surface area contributed by atoms with E-state index in [1.807, 2.05) is 13.8 Å². The summed E-state index contributed by atoms with van der Waals surface area (Å²) in [5, 5.41) is 0. The largest absolute Gasteiger partial charge is 0.398 e. The molecule has 1 aliphatic rings. The molecule has 5 nitrogen and oxygen atoms in total. The second kappa shape index (κ2) is 5.11. The summed E-state index contributed by atoms with van der Waals surface area (Å²) in [6.07, 6.45) is -0.195. The van der Waals surface area contributed by atoms with Crippen LogP contribution in [-0.4, -0.2) is 38.0 Å². The molecule has 1 aliphatic heterocycles. The van der Waals surface area contributed by atoms with Gasteiger partial charge in [-0.05, 0) is 38.5 Å². The van der Waals surface area contributed by atoms with E-state index in [0.29, 0.717) is 24.3 Å². The van der Waals surface area contributed by atoms with Crippen molar-refractivity contribution < 1.29 is 13.2 Å². The molecule has 1 fully saturated rings. The summed E-state index contributed by atoms with van der Waals surface area (Å²) in [7, 11) is -3.51. The summed E-state index contributed by atoms with van der Waals surface area (Å²) >= 11 is 0. The molecule has 0 aliphatic carbocycles. The molecule has 1 heterocycles. The first kappa shape index (κ1) is 14.3. The minimum atomic E-state index is -3.51. The highest BCUT2D eigenvalue weighted by Gasteiger charge is 2.33. The number of anilines is 1. The van der Waals surface area contributed by atoms with Crippen molar-refractivity contribution in [2.24, 2.45) is 0 Å². The Morgan fingerprint density at radius 1 is 1.26 bits per heavy atom. The smallest absolute Gasteiger partial charge is 0.243 e. The summed E-state index contributed by atoms with van der Waals surface area (Å²) in [6, 6.07) is 4.98. The second-order valence-electron chi connectivity index (χ2n) is 5.05. The molecule has 2 rings (SSSR count). The summed E-state index contributed by atoms with van der Waals surface area (Å²) in [5.41, 5.74) is 6.90. The number of sulfonamides is 1. The van der Waals surface area contributed by atoms with Crippen molar-refractivity contribution in [2.75, 3.05) is 18.8 Å². The minimum Gasteiger partial charge on any atom is -0.398 e. The van der Waals surface area contributed by atoms with Gasteiger partial charge in [-0.3, -0.25) is 0 Å². The molecule has 0 amide bonds. The van der Waals surface area contributed by atoms with Crippen molar-refractivity contribution in [3.8, 4) is 0 Å². The number of hydrogen-bond donors (Lipinski definition) is 1. The number of nitrogens with zero attached hydrogens (tertiary/aromatic N) is 1. The standard InChI is InChI=1S/C13H20N2O3S/c1-9-7-15(8-10(2)18-9)19(16,17)13-6-4-5-12(14)11(13)3/h4-6,9-10H,7-8,14H2,1-3H3/t9-,10+. The summed E-state index contributed by atoms with van der Waals surface area (Å²) in [5.74, 6) is 0. The van der Waals surface area contributed by atoms with Crippen LogP contribution in [0.5, 0.6) is 0 Å². The zero-order chi connectivity index (χ0) is 14.2. The zero-order valence-electron chi connectivity index (χ0n) is 11.5. The van der Waals surface area contributed by atoms with Crippen molar-refractivity contribution in [2.45, 2.75) is 37.9 Å². The normalized spacial score (nSPS) is 25.4. The predicted molar refractivity (Wildman–Crippen MR) is 74.4 cm³/mol. The fraction of sp³-hybridized carbons (Fsp3) is 0.538. The van der Waals surface area contributed by atoms with Gasteiger partial charge in [-0.1, -0.05) is 6.07 Å². The Hall–Kier alpha value is -1.11. The quantitative estimate of drug-likeness (QED) is 0.833. The van der Waals surface area contributed by atoms with Gasteiger partial charge >= 0.3 is 0 Å². The molecule has 1 saturated heterocycles. The second-order valence-corrected chi connectivity index (χ2v) is 6.96. The fourth-order valence-electron chi connectivity index (χ4n) is 2.38. The molecular formula is C13H20N2O3S. The van der Waals surface area contributed by atoms with Gasteiger partial charge in [0.15, 0.2) is 0 Å². The van der Waals surface area contributed by atoms with Gasteiger partial charge in [-0.2, -0.15) is 4.31 Å². The van der Waals surface area contributed by atoms with Gasteiger partial charge in [0.25, 0.3) is 0 Å². The Morgan fingerprint density at radius 2 is 1.84 bits per heavy atom. The van der Waals surface area contributed by atoms with E-state index in [1.54, 1.807) is 25.1 Å². The Bertz CT molecular complexity index is 561. The molecule has 0 saturated carbocycles. The van der Waals surface area contributed by atoms with E-state index in [2.05, 4.69) is 0 Å². The first-order valence-electron chi connectivity index (χ1n) is 6.33. The van der Waals surface area contributed by atoms with E-state index in [-0.39, 0.29) is 17.1 Å². The van der Waals surface area contributed by atoms with Crippen LogP contribution in [0.3, 0.4) is 0 Å². The molecule has 0 spiro atoms. The minimum absolute atomic E-state index is 0.0973. The molecule has 2 N–H and O–H groups in total. The van der Waals surface area contributed by atoms with Crippen molar-refractivity contribution in [3.05, 3.63) is 23.8 Å². The third kappa shape index (κ3) is 2.75. The van der Waals surface area contributed by atoms with Crippen molar-refractivity contribution >= 4 is 15.7 Å². The van der Waals surface area contributed by atoms with Crippen LogP contribution < -0.4 is 5.73 Å². The van der Waals surface area contributed by atoms with Crippen LogP contribution >= 0.6 is 0 Å². The Labute approximate surface area is 114 Å². The van der Waals surface area contributed by atoms with Crippen molar-refractivity contribution in [1.29, 1.82) is 0 Å². The first-order valence-corrected chi connectivity index (χ1v) is 7.77. The highest BCUT2D eigenvalue weighted by atomic mass is 32.2. The SMILES string of the molecule is Cc1c(N)cccc1S(=O)(=O)N1C[C@@H](C)O[C@@H](C)C1. The van der Waals surface area contributed by atoms with Gasteiger partial charge in [-0.15, -0.1) is 0 Å². The maximum atomic E-state index is 12.7. The molecule has 1 aromatic carbocycles. The molecule has 19 heavy (non-hydrogen) atoms. The van der Waals surface area contributed by atoms with Crippen LogP contribution in [0.15, 0.2) is 23.1 Å². The van der Waals surface area contributed by atoms with Crippen LogP contribution in [0.2, 0.25) is 0 Å². The van der Waals surface area contributed by atoms with Crippen LogP contribution in [-0.2, 0) is 14.8 Å². The summed E-state index contributed by atoms with van der Waals surface area (Å²) < 4.78 is 32.4. The summed E-state index contributed by atoms with van der Waals surface area (Å²) in [6.45, 7) is 6.24. The molecule has 0 unspecified atom stereocenters. The average Bonchev–Trinajstić information content (AvgIpc) is 2.31. The van der Waals surface area contributed by atoms with Gasteiger partial charge in [-0.25, -0.2) is 8.42 Å². The number of benzene rings is 1. The van der Waals surface area contributed by atoms with Crippen LogP contribution in [0.25, 0.3) is 0 Å². The van der Waals surface area contributed by atoms with Gasteiger partial charge in [0.2, 0.25) is 10.0 Å². The lowest BCUT2D eigenvalue weighted by Crippen LogP contribution is -2.48. The summed E-state index contributed by atoms with van der Waals surface area (Å²) in [4.78, 5) is 0.286. The van der Waals surface area contributed by atoms with Crippen molar-refractivity contribution in [3.63, 3.8) is 0 Å². The van der Waals surface area contributed by atoms with Crippen LogP contribution in [0.1, 0.15) is 19.4 Å². The topological polar surface area (TPSA) is 72.6 Å². The Balaban J connectivity index is 2.39. The van der Waals surface area contributed by atoms with E-state index in [4.69, 9.17) is 10.5 Å². The average molecular weight is 284 g/mol. The Morgan fingerprint density at radius 3 is 2.42 bits per heavy atom. The fourth-order valence-corrected chi connectivity index (χ4v) is 4.22. The lowest BCUT2D eigenvalue weighted by Gasteiger charge is -2.34. The molecule has 106 valence electrons. The molecular weight excluding hydrogens is 264 g/mol. The highest BCUT2D eigenvalue weighted by Crippen LogP contribution is 2.26. The molecule has 2 atom stereocenters. The zero-order valence-corrected chi connectivity index (χ0v) is 12.3. The lowest BCUT2D eigenvalue weighted by molar-refractivity contribution is -0.0440. The maximum Gasteiger partial charge on any atom is 0.243 e. The van der Waals surface area contributed by atoms with E-state index >= 15 is 0 Å². The molecule has 0 bridgehead atoms. The van der Waals surface area contributed by atoms with Gasteiger partial charge in [0.1, 0.15) is 0 Å². The number of nitrogens with two attached hydrogens (primary N) is 1. The van der Waals surface area contributed by atoms with Crippen molar-refractivity contribution in [1.82, 2.24) is 4.31 Å². The molecule has 6 heteroatoms. The van der Waals surface area contributed by atoms with Gasteiger partial charge in [0, 0.05) is 18.8 Å². The number of morpholine rings is 1.